The maximum atomic E-state index is 15.1. The van der Waals surface area contributed by atoms with E-state index in [1.54, 1.807) is 0 Å². The molecule has 0 aromatic carbocycles. The fourth-order valence-electron chi connectivity index (χ4n) is 13.1. The Balaban J connectivity index is 1.37. The van der Waals surface area contributed by atoms with Crippen LogP contribution in [0.25, 0.3) is 0 Å². The van der Waals surface area contributed by atoms with Crippen LogP contribution in [0.4, 0.5) is 0 Å². The van der Waals surface area contributed by atoms with E-state index in [2.05, 4.69) is 54.5 Å². The summed E-state index contributed by atoms with van der Waals surface area (Å²) in [5, 5.41) is 11.1. The first kappa shape index (κ1) is 42.6. The molecule has 1 saturated heterocycles. The first-order chi connectivity index (χ1) is 25.9. The topological polar surface area (TPSA) is 161 Å². The van der Waals surface area contributed by atoms with Crippen molar-refractivity contribution in [2.45, 2.75) is 177 Å². The molecule has 6 rings (SSSR count). The molecule has 0 bridgehead atoms. The zero-order valence-corrected chi connectivity index (χ0v) is 35.5. The van der Waals surface area contributed by atoms with Crippen molar-refractivity contribution < 1.29 is 57.5 Å². The Labute approximate surface area is 332 Å². The number of aliphatic hydroxyl groups excluding tert-OH is 1. The number of aliphatic hydroxyl groups is 1. The van der Waals surface area contributed by atoms with Gasteiger partial charge in [0.1, 0.15) is 12.7 Å². The highest BCUT2D eigenvalue weighted by Crippen LogP contribution is 2.76. The van der Waals surface area contributed by atoms with Gasteiger partial charge in [0.15, 0.2) is 12.2 Å². The fraction of sp³-hybridized carbons (Fsp3) is 0.841. The Kier molecular flexibility index (Phi) is 11.2. The van der Waals surface area contributed by atoms with Gasteiger partial charge < -0.3 is 33.5 Å². The van der Waals surface area contributed by atoms with Crippen LogP contribution in [-0.2, 0) is 52.4 Å². The van der Waals surface area contributed by atoms with Gasteiger partial charge in [0.25, 0.3) is 0 Å². The lowest BCUT2D eigenvalue weighted by atomic mass is 9.33. The highest BCUT2D eigenvalue weighted by atomic mass is 16.7. The van der Waals surface area contributed by atoms with Crippen LogP contribution in [0.2, 0.25) is 0 Å². The van der Waals surface area contributed by atoms with E-state index in [1.165, 1.54) is 19.4 Å². The molecular weight excluding hydrogens is 720 g/mol. The Hall–Kier alpha value is -2.99. The van der Waals surface area contributed by atoms with Crippen LogP contribution in [0.5, 0.6) is 0 Å². The molecule has 5 fully saturated rings. The molecule has 12 heteroatoms. The average Bonchev–Trinajstić information content (AvgIpc) is 3.07. The van der Waals surface area contributed by atoms with Crippen molar-refractivity contribution in [3.05, 3.63) is 11.6 Å². The molecule has 1 N–H and O–H groups in total. The number of hydrogen-bond donors (Lipinski definition) is 1. The molecule has 0 amide bonds. The number of carbonyl (C=O) groups excluding carboxylic acids is 5. The second-order valence-corrected chi connectivity index (χ2v) is 20.2. The molecule has 4 saturated carbocycles. The number of hydrogen-bond acceptors (Lipinski definition) is 12. The summed E-state index contributed by atoms with van der Waals surface area (Å²) in [6.45, 7) is 20.8. The van der Waals surface area contributed by atoms with Crippen molar-refractivity contribution in [1.29, 1.82) is 0 Å². The molecule has 0 unspecified atom stereocenters. The van der Waals surface area contributed by atoms with Gasteiger partial charge in [0.2, 0.25) is 12.4 Å². The van der Waals surface area contributed by atoms with Gasteiger partial charge in [-0.3, -0.25) is 24.0 Å². The van der Waals surface area contributed by atoms with Gasteiger partial charge in [-0.25, -0.2) is 0 Å². The smallest absolute Gasteiger partial charge is 0.315 e. The van der Waals surface area contributed by atoms with Crippen LogP contribution in [0, 0.1) is 50.2 Å². The van der Waals surface area contributed by atoms with Crippen LogP contribution in [0.1, 0.15) is 140 Å². The summed E-state index contributed by atoms with van der Waals surface area (Å²) >= 11 is 0. The average molecular weight is 787 g/mol. The third-order valence-corrected chi connectivity index (χ3v) is 16.2. The molecule has 56 heavy (non-hydrogen) atoms. The van der Waals surface area contributed by atoms with Gasteiger partial charge in [-0.2, -0.15) is 0 Å². The van der Waals surface area contributed by atoms with Crippen LogP contribution < -0.4 is 0 Å². The minimum atomic E-state index is -1.57. The van der Waals surface area contributed by atoms with Crippen molar-refractivity contribution in [3.63, 3.8) is 0 Å². The predicted molar refractivity (Wildman–Crippen MR) is 203 cm³/mol. The largest absolute Gasteiger partial charge is 0.463 e. The number of carbonyl (C=O) groups is 5. The number of allylic oxidation sites excluding steroid dienone is 2. The van der Waals surface area contributed by atoms with E-state index < -0.39 is 72.6 Å². The molecule has 12 nitrogen and oxygen atoms in total. The van der Waals surface area contributed by atoms with Crippen molar-refractivity contribution in [3.8, 4) is 0 Å². The highest BCUT2D eigenvalue weighted by Gasteiger charge is 2.70. The van der Waals surface area contributed by atoms with Crippen LogP contribution in [0.3, 0.4) is 0 Å². The normalized spacial score (nSPS) is 43.5. The first-order valence-corrected chi connectivity index (χ1v) is 20.8. The number of esters is 5. The maximum absolute atomic E-state index is 15.1. The van der Waals surface area contributed by atoms with E-state index in [-0.39, 0.29) is 39.1 Å². The molecular formula is C44H66O12. The SMILES string of the molecule is CC(=O)OC[C@H]1O[C@@H](OC(=O)[C@]23CCC(C)(C)C[C@H]2C2=CC[C@@H]4[C@@]5(C)CC[C@H](O)C(C)(C)[C@@H]5CC[C@@]4(C)[C@]2(C)CC3)[C@H](OC(C)=O)[C@@H](OC(C)=O)[C@@H]1OC(C)=O. The van der Waals surface area contributed by atoms with E-state index in [0.717, 1.165) is 65.2 Å². The summed E-state index contributed by atoms with van der Waals surface area (Å²) in [5.74, 6) is -2.61. The van der Waals surface area contributed by atoms with Crippen LogP contribution in [0.15, 0.2) is 11.6 Å². The summed E-state index contributed by atoms with van der Waals surface area (Å²) in [6.07, 6.45) is 3.56. The summed E-state index contributed by atoms with van der Waals surface area (Å²) in [7, 11) is 0. The molecule has 0 spiro atoms. The molecule has 0 radical (unpaired) electrons. The molecule has 6 aliphatic rings. The quantitative estimate of drug-likeness (QED) is 0.164. The number of fused-ring (bicyclic) bond motifs is 7. The van der Waals surface area contributed by atoms with Crippen molar-refractivity contribution in [2.75, 3.05) is 6.61 Å². The molecule has 5 aliphatic carbocycles. The number of rotatable bonds is 7. The summed E-state index contributed by atoms with van der Waals surface area (Å²) in [5.41, 5.74) is 0.139. The van der Waals surface area contributed by atoms with E-state index in [9.17, 15) is 24.3 Å². The van der Waals surface area contributed by atoms with Gasteiger partial charge in [0.05, 0.1) is 11.5 Å². The third kappa shape index (κ3) is 7.00. The monoisotopic (exact) mass is 786 g/mol. The Bertz CT molecular complexity index is 1630. The van der Waals surface area contributed by atoms with Gasteiger partial charge in [-0.15, -0.1) is 0 Å². The standard InChI is InChI=1S/C44H66O12/c1-24(45)51-23-30-34(52-25(2)46)35(53-26(3)47)36(54-27(4)48)37(55-30)56-38(50)44-20-18-39(5,6)22-29(44)28-12-13-32-41(9)16-15-33(49)40(7,8)31(41)14-17-43(32,11)42(28,10)19-21-44/h12,29-37,49H,13-23H2,1-11H3/t29-,30+,31-,32+,33-,34+,35-,36+,37-,41-,42+,43+,44-/m0/s1. The van der Waals surface area contributed by atoms with Gasteiger partial charge in [-0.1, -0.05) is 60.1 Å². The lowest BCUT2D eigenvalue weighted by molar-refractivity contribution is -0.304. The van der Waals surface area contributed by atoms with Gasteiger partial charge in [0, 0.05) is 27.7 Å². The van der Waals surface area contributed by atoms with E-state index >= 15 is 4.79 Å². The van der Waals surface area contributed by atoms with Gasteiger partial charge in [-0.05, 0) is 109 Å². The highest BCUT2D eigenvalue weighted by molar-refractivity contribution is 5.79. The Morgan fingerprint density at radius 3 is 1.95 bits per heavy atom. The summed E-state index contributed by atoms with van der Waals surface area (Å²) in [6, 6.07) is 0. The molecule has 0 aromatic rings. The molecule has 1 heterocycles. The minimum Gasteiger partial charge on any atom is -0.463 e. The summed E-state index contributed by atoms with van der Waals surface area (Å²) < 4.78 is 34.7. The Morgan fingerprint density at radius 2 is 1.32 bits per heavy atom. The number of ether oxygens (including phenoxy) is 6. The lowest BCUT2D eigenvalue weighted by Crippen LogP contribution is -2.66. The predicted octanol–water partition coefficient (Wildman–Crippen LogP) is 6.78. The Morgan fingerprint density at radius 1 is 0.714 bits per heavy atom. The van der Waals surface area contributed by atoms with E-state index in [1.807, 2.05) is 0 Å². The zero-order valence-electron chi connectivity index (χ0n) is 35.5. The second-order valence-electron chi connectivity index (χ2n) is 20.2. The van der Waals surface area contributed by atoms with Crippen molar-refractivity contribution >= 4 is 29.8 Å². The van der Waals surface area contributed by atoms with Crippen LogP contribution >= 0.6 is 0 Å². The van der Waals surface area contributed by atoms with Crippen LogP contribution in [-0.4, -0.2) is 78.4 Å². The maximum Gasteiger partial charge on any atom is 0.315 e. The first-order valence-electron chi connectivity index (χ1n) is 20.8. The minimum absolute atomic E-state index is 0.0157. The zero-order chi connectivity index (χ0) is 41.4. The van der Waals surface area contributed by atoms with Crippen molar-refractivity contribution in [1.82, 2.24) is 0 Å². The molecule has 314 valence electrons. The summed E-state index contributed by atoms with van der Waals surface area (Å²) in [4.78, 5) is 64.3. The molecule has 0 aromatic heterocycles. The van der Waals surface area contributed by atoms with E-state index in [0.29, 0.717) is 24.7 Å². The van der Waals surface area contributed by atoms with E-state index in [4.69, 9.17) is 28.4 Å². The second kappa shape index (κ2) is 14.7. The molecule has 13 atom stereocenters. The third-order valence-electron chi connectivity index (χ3n) is 16.2. The lowest BCUT2D eigenvalue weighted by Gasteiger charge is -2.71. The van der Waals surface area contributed by atoms with Gasteiger partial charge >= 0.3 is 29.8 Å². The fourth-order valence-corrected chi connectivity index (χ4v) is 13.1. The molecule has 1 aliphatic heterocycles. The van der Waals surface area contributed by atoms with Crippen molar-refractivity contribution in [2.24, 2.45) is 50.2 Å².